The molecule has 4 nitrogen and oxygen atoms in total. The number of anilines is 2. The largest absolute Gasteiger partial charge is 0.465 e. The van der Waals surface area contributed by atoms with Gasteiger partial charge in [-0.25, -0.2) is 4.79 Å². The van der Waals surface area contributed by atoms with E-state index in [4.69, 9.17) is 10.5 Å². The van der Waals surface area contributed by atoms with Crippen molar-refractivity contribution in [3.63, 3.8) is 0 Å². The van der Waals surface area contributed by atoms with Gasteiger partial charge in [0.25, 0.3) is 0 Å². The van der Waals surface area contributed by atoms with Gasteiger partial charge in [-0.15, -0.1) is 0 Å². The lowest BCUT2D eigenvalue weighted by molar-refractivity contribution is 0.0601. The lowest BCUT2D eigenvalue weighted by atomic mass is 10.1. The summed E-state index contributed by atoms with van der Waals surface area (Å²) in [5, 5.41) is 0. The molecule has 0 aliphatic heterocycles. The van der Waals surface area contributed by atoms with E-state index in [1.807, 2.05) is 7.05 Å². The molecule has 0 amide bonds. The highest BCUT2D eigenvalue weighted by Gasteiger charge is 2.33. The van der Waals surface area contributed by atoms with Crippen LogP contribution in [0.5, 0.6) is 0 Å². The van der Waals surface area contributed by atoms with Crippen LogP contribution < -0.4 is 10.6 Å². The Bertz CT molecular complexity index is 459. The number of carbonyl (C=O) groups is 1. The van der Waals surface area contributed by atoms with E-state index < -0.39 is 0 Å². The molecule has 18 heavy (non-hydrogen) atoms. The van der Waals surface area contributed by atoms with Crippen molar-refractivity contribution in [3.05, 3.63) is 23.8 Å². The maximum Gasteiger partial charge on any atom is 0.337 e. The Morgan fingerprint density at radius 2 is 2.22 bits per heavy atom. The molecule has 1 aliphatic carbocycles. The number of carbonyl (C=O) groups excluding carboxylic acids is 1. The second kappa shape index (κ2) is 4.88. The molecule has 4 heteroatoms. The minimum Gasteiger partial charge on any atom is -0.465 e. The fraction of sp³-hybridized carbons (Fsp3) is 0.500. The molecular formula is C14H20N2O2. The van der Waals surface area contributed by atoms with Crippen LogP contribution in [0.3, 0.4) is 0 Å². The van der Waals surface area contributed by atoms with Crippen LogP contribution in [-0.4, -0.2) is 26.7 Å². The van der Waals surface area contributed by atoms with Crippen LogP contribution in [0, 0.1) is 11.8 Å². The fourth-order valence-electron chi connectivity index (χ4n) is 2.22. The summed E-state index contributed by atoms with van der Waals surface area (Å²) in [6, 6.07) is 5.25. The standard InChI is InChI=1S/C14H20N2O2/c1-9-6-11(9)8-16(2)13-7-10(14(17)18-3)4-5-12(13)15/h4-5,7,9,11H,6,8,15H2,1-3H3. The van der Waals surface area contributed by atoms with Crippen molar-refractivity contribution in [2.75, 3.05) is 31.3 Å². The van der Waals surface area contributed by atoms with Crippen LogP contribution in [0.1, 0.15) is 23.7 Å². The Morgan fingerprint density at radius 3 is 2.78 bits per heavy atom. The average Bonchev–Trinajstić information content (AvgIpc) is 3.04. The van der Waals surface area contributed by atoms with Gasteiger partial charge in [0.05, 0.1) is 24.0 Å². The second-order valence-corrected chi connectivity index (χ2v) is 5.12. The number of esters is 1. The molecule has 2 N–H and O–H groups in total. The molecule has 0 aromatic heterocycles. The highest BCUT2D eigenvalue weighted by Crippen LogP contribution is 2.39. The van der Waals surface area contributed by atoms with Crippen molar-refractivity contribution in [2.45, 2.75) is 13.3 Å². The third kappa shape index (κ3) is 2.58. The number of benzene rings is 1. The smallest absolute Gasteiger partial charge is 0.337 e. The Morgan fingerprint density at radius 1 is 1.56 bits per heavy atom. The molecule has 2 rings (SSSR count). The fourth-order valence-corrected chi connectivity index (χ4v) is 2.22. The van der Waals surface area contributed by atoms with Gasteiger partial charge in [0, 0.05) is 13.6 Å². The number of ether oxygens (including phenoxy) is 1. The molecule has 0 heterocycles. The van der Waals surface area contributed by atoms with Gasteiger partial charge in [0.15, 0.2) is 0 Å². The van der Waals surface area contributed by atoms with Gasteiger partial charge in [0.1, 0.15) is 0 Å². The molecule has 2 unspecified atom stereocenters. The van der Waals surface area contributed by atoms with Crippen LogP contribution in [0.25, 0.3) is 0 Å². The number of nitrogen functional groups attached to an aromatic ring is 1. The summed E-state index contributed by atoms with van der Waals surface area (Å²) in [4.78, 5) is 13.6. The number of hydrogen-bond acceptors (Lipinski definition) is 4. The second-order valence-electron chi connectivity index (χ2n) is 5.12. The van der Waals surface area contributed by atoms with Crippen molar-refractivity contribution in [3.8, 4) is 0 Å². The molecule has 1 saturated carbocycles. The lowest BCUT2D eigenvalue weighted by Gasteiger charge is -2.21. The third-order valence-electron chi connectivity index (χ3n) is 3.65. The third-order valence-corrected chi connectivity index (χ3v) is 3.65. The van der Waals surface area contributed by atoms with Crippen molar-refractivity contribution < 1.29 is 9.53 Å². The molecule has 1 aromatic rings. The van der Waals surface area contributed by atoms with E-state index in [2.05, 4.69) is 11.8 Å². The van der Waals surface area contributed by atoms with E-state index in [1.54, 1.807) is 18.2 Å². The SMILES string of the molecule is COC(=O)c1ccc(N)c(N(C)CC2CC2C)c1. The first-order chi connectivity index (χ1) is 8.52. The quantitative estimate of drug-likeness (QED) is 0.655. The first-order valence-corrected chi connectivity index (χ1v) is 6.22. The minimum atomic E-state index is -0.329. The number of hydrogen-bond donors (Lipinski definition) is 1. The maximum absolute atomic E-state index is 11.5. The molecule has 0 radical (unpaired) electrons. The van der Waals surface area contributed by atoms with E-state index in [0.717, 1.165) is 24.1 Å². The van der Waals surface area contributed by atoms with Gasteiger partial charge in [-0.2, -0.15) is 0 Å². The summed E-state index contributed by atoms with van der Waals surface area (Å²) in [5.41, 5.74) is 8.10. The van der Waals surface area contributed by atoms with E-state index in [9.17, 15) is 4.79 Å². The molecule has 0 bridgehead atoms. The van der Waals surface area contributed by atoms with Crippen molar-refractivity contribution in [1.82, 2.24) is 0 Å². The first-order valence-electron chi connectivity index (χ1n) is 6.22. The van der Waals surface area contributed by atoms with Crippen LogP contribution in [0.4, 0.5) is 11.4 Å². The Kier molecular flexibility index (Phi) is 3.45. The number of nitrogens with two attached hydrogens (primary N) is 1. The average molecular weight is 248 g/mol. The first kappa shape index (κ1) is 12.7. The summed E-state index contributed by atoms with van der Waals surface area (Å²) < 4.78 is 4.72. The molecule has 1 aliphatic rings. The zero-order chi connectivity index (χ0) is 13.3. The summed E-state index contributed by atoms with van der Waals surface area (Å²) >= 11 is 0. The van der Waals surface area contributed by atoms with Crippen LogP contribution in [0.2, 0.25) is 0 Å². The summed E-state index contributed by atoms with van der Waals surface area (Å²) in [7, 11) is 3.39. The van der Waals surface area contributed by atoms with Crippen LogP contribution in [0.15, 0.2) is 18.2 Å². The molecule has 2 atom stereocenters. The minimum absolute atomic E-state index is 0.329. The summed E-state index contributed by atoms with van der Waals surface area (Å²) in [6.45, 7) is 3.24. The molecule has 1 fully saturated rings. The highest BCUT2D eigenvalue weighted by atomic mass is 16.5. The van der Waals surface area contributed by atoms with Crippen molar-refractivity contribution in [2.24, 2.45) is 11.8 Å². The number of methoxy groups -OCH3 is 1. The molecule has 1 aromatic carbocycles. The van der Waals surface area contributed by atoms with E-state index in [1.165, 1.54) is 13.5 Å². The summed E-state index contributed by atoms with van der Waals surface area (Å²) in [6.07, 6.45) is 1.28. The molecule has 0 spiro atoms. The monoisotopic (exact) mass is 248 g/mol. The van der Waals surface area contributed by atoms with Gasteiger partial charge in [-0.1, -0.05) is 6.92 Å². The Hall–Kier alpha value is -1.71. The van der Waals surface area contributed by atoms with Crippen molar-refractivity contribution in [1.29, 1.82) is 0 Å². The Balaban J connectivity index is 2.17. The zero-order valence-corrected chi connectivity index (χ0v) is 11.1. The molecule has 98 valence electrons. The topological polar surface area (TPSA) is 55.6 Å². The van der Waals surface area contributed by atoms with Gasteiger partial charge < -0.3 is 15.4 Å². The predicted octanol–water partition coefficient (Wildman–Crippen LogP) is 2.15. The van der Waals surface area contributed by atoms with Crippen LogP contribution in [-0.2, 0) is 4.74 Å². The van der Waals surface area contributed by atoms with E-state index in [-0.39, 0.29) is 5.97 Å². The number of nitrogens with zero attached hydrogens (tertiary/aromatic N) is 1. The van der Waals surface area contributed by atoms with E-state index >= 15 is 0 Å². The highest BCUT2D eigenvalue weighted by molar-refractivity contribution is 5.92. The zero-order valence-electron chi connectivity index (χ0n) is 11.1. The number of rotatable bonds is 4. The van der Waals surface area contributed by atoms with Gasteiger partial charge in [0.2, 0.25) is 0 Å². The van der Waals surface area contributed by atoms with Crippen molar-refractivity contribution >= 4 is 17.3 Å². The van der Waals surface area contributed by atoms with Gasteiger partial charge in [-0.3, -0.25) is 0 Å². The molecular weight excluding hydrogens is 228 g/mol. The lowest BCUT2D eigenvalue weighted by Crippen LogP contribution is -2.22. The molecule has 0 saturated heterocycles. The normalized spacial score (nSPS) is 21.5. The van der Waals surface area contributed by atoms with Gasteiger partial charge in [-0.05, 0) is 36.5 Å². The van der Waals surface area contributed by atoms with Gasteiger partial charge >= 0.3 is 5.97 Å². The predicted molar refractivity (Wildman–Crippen MR) is 72.7 cm³/mol. The van der Waals surface area contributed by atoms with E-state index in [0.29, 0.717) is 11.3 Å². The van der Waals surface area contributed by atoms with Crippen LogP contribution >= 0.6 is 0 Å². The Labute approximate surface area is 108 Å². The summed E-state index contributed by atoms with van der Waals surface area (Å²) in [5.74, 6) is 1.22. The maximum atomic E-state index is 11.5.